The summed E-state index contributed by atoms with van der Waals surface area (Å²) in [6.07, 6.45) is 0.316. The summed E-state index contributed by atoms with van der Waals surface area (Å²) in [5.74, 6) is -0.469. The van der Waals surface area contributed by atoms with Crippen LogP contribution in [-0.2, 0) is 19.1 Å². The fourth-order valence-electron chi connectivity index (χ4n) is 1.04. The van der Waals surface area contributed by atoms with Gasteiger partial charge in [-0.15, -0.1) is 0 Å². The predicted octanol–water partition coefficient (Wildman–Crippen LogP) is 2.34. The molecule has 7 heteroatoms. The molecule has 0 aromatic carbocycles. The summed E-state index contributed by atoms with van der Waals surface area (Å²) in [4.78, 5) is 22.9. The number of imide groups is 1. The molecule has 2 amide bonds. The number of nitrogens with zero attached hydrogens (tertiary/aromatic N) is 1. The van der Waals surface area contributed by atoms with Crippen molar-refractivity contribution in [3.05, 3.63) is 0 Å². The van der Waals surface area contributed by atoms with Gasteiger partial charge >= 0.3 is 49.4 Å². The number of hydrogen-bond acceptors (Lipinski definition) is 3. The number of hydrogen-bond donors (Lipinski definition) is 1. The number of rotatable bonds is 1. The molecule has 1 atom stereocenters. The predicted molar refractivity (Wildman–Crippen MR) is 76.2 cm³/mol. The van der Waals surface area contributed by atoms with Gasteiger partial charge in [0.2, 0.25) is 11.8 Å². The van der Waals surface area contributed by atoms with E-state index in [1.54, 1.807) is 6.92 Å². The van der Waals surface area contributed by atoms with Gasteiger partial charge in [0.25, 0.3) is 0 Å². The molecule has 1 aliphatic heterocycles. The number of likely N-dealkylation sites (tertiary alicyclic amines) is 1. The van der Waals surface area contributed by atoms with Crippen LogP contribution in [-0.4, -0.2) is 23.4 Å². The molecule has 1 saturated heterocycles. The van der Waals surface area contributed by atoms with Crippen LogP contribution in [0.3, 0.4) is 0 Å². The number of carbonyl (C=O) groups is 2. The van der Waals surface area contributed by atoms with Crippen LogP contribution in [0.2, 0.25) is 0 Å². The van der Waals surface area contributed by atoms with Crippen molar-refractivity contribution in [2.45, 2.75) is 28.2 Å². The summed E-state index contributed by atoms with van der Waals surface area (Å²) >= 11 is 4.74. The Morgan fingerprint density at radius 1 is 1.47 bits per heavy atom. The Morgan fingerprint density at radius 3 is 2.00 bits per heavy atom. The zero-order chi connectivity index (χ0) is 10.4. The van der Waals surface area contributed by atoms with Gasteiger partial charge in [0.1, 0.15) is 0 Å². The minimum atomic E-state index is -0.170. The van der Waals surface area contributed by atoms with Gasteiger partial charge in [-0.1, -0.05) is 21.8 Å². The molecule has 0 saturated carbocycles. The van der Waals surface area contributed by atoms with E-state index in [-0.39, 0.29) is 39.3 Å². The zero-order valence-corrected chi connectivity index (χ0v) is 12.7. The molecule has 1 heterocycles. The molecule has 0 spiro atoms. The Balaban J connectivity index is -0.000000260. The Bertz CT molecular complexity index is 205. The molecule has 1 aliphatic rings. The van der Waals surface area contributed by atoms with E-state index >= 15 is 0 Å². The Hall–Kier alpha value is 1.14. The van der Waals surface area contributed by atoms with Gasteiger partial charge in [0.05, 0.1) is 6.67 Å². The van der Waals surface area contributed by atoms with Crippen LogP contribution in [0.1, 0.15) is 28.2 Å². The second-order valence-corrected chi connectivity index (χ2v) is 14.3. The summed E-state index contributed by atoms with van der Waals surface area (Å²) in [5, 5.41) is 0. The van der Waals surface area contributed by atoms with E-state index in [1.807, 2.05) is 0 Å². The molecular weight excluding hydrogens is 461 g/mol. The quantitative estimate of drug-likeness (QED) is 0.465. The number of nitrogens with two attached hydrogens (primary N) is 1. The molecule has 0 aliphatic carbocycles. The summed E-state index contributed by atoms with van der Waals surface area (Å²) < 4.78 is 0. The van der Waals surface area contributed by atoms with Crippen molar-refractivity contribution in [1.82, 2.24) is 4.90 Å². The third kappa shape index (κ3) is 7.14. The van der Waals surface area contributed by atoms with E-state index in [2.05, 4.69) is 40.0 Å². The minimum absolute atomic E-state index is 0. The van der Waals surface area contributed by atoms with Crippen molar-refractivity contribution in [3.8, 4) is 0 Å². The first-order valence-corrected chi connectivity index (χ1v) is 12.6. The maximum atomic E-state index is 11.0. The van der Waals surface area contributed by atoms with Gasteiger partial charge in [0.15, 0.2) is 0 Å². The summed E-state index contributed by atoms with van der Waals surface area (Å²) in [6, 6.07) is 0. The van der Waals surface area contributed by atoms with Crippen molar-refractivity contribution in [2.75, 3.05) is 6.67 Å². The average molecular weight is 479 g/mol. The molecule has 0 aromatic rings. The summed E-state index contributed by atoms with van der Waals surface area (Å²) in [6.45, 7) is 1.75. The van der Waals surface area contributed by atoms with Crippen molar-refractivity contribution in [2.24, 2.45) is 11.7 Å². The van der Waals surface area contributed by atoms with Crippen LogP contribution < -0.4 is 5.73 Å². The molecule has 4 nitrogen and oxygen atoms in total. The van der Waals surface area contributed by atoms with Crippen LogP contribution in [0.15, 0.2) is 0 Å². The van der Waals surface area contributed by atoms with E-state index in [9.17, 15) is 9.59 Å². The molecule has 2 N–H and O–H groups in total. The van der Waals surface area contributed by atoms with Gasteiger partial charge < -0.3 is 5.73 Å². The second kappa shape index (κ2) is 11.6. The van der Waals surface area contributed by atoms with Crippen LogP contribution in [0.4, 0.5) is 0 Å². The van der Waals surface area contributed by atoms with E-state index in [4.69, 9.17) is 5.73 Å². The molecule has 0 bridgehead atoms. The van der Waals surface area contributed by atoms with Crippen LogP contribution >= 0.6 is 40.0 Å². The molecule has 1 fully saturated rings. The van der Waals surface area contributed by atoms with Crippen molar-refractivity contribution >= 4 is 51.8 Å². The SMILES string of the molecule is C.C.CC1CC(=O)N(CN)C1=O.[I][V][I]. The van der Waals surface area contributed by atoms with Crippen LogP contribution in [0.5, 0.6) is 0 Å². The first kappa shape index (κ1) is 21.4. The molecule has 15 heavy (non-hydrogen) atoms. The van der Waals surface area contributed by atoms with Crippen LogP contribution in [0.25, 0.3) is 0 Å². The van der Waals surface area contributed by atoms with Crippen molar-refractivity contribution in [3.63, 3.8) is 0 Å². The number of carbonyl (C=O) groups excluding carboxylic acids is 2. The Labute approximate surface area is 121 Å². The first-order valence-electron chi connectivity index (χ1n) is 3.55. The van der Waals surface area contributed by atoms with Crippen molar-refractivity contribution in [1.29, 1.82) is 0 Å². The van der Waals surface area contributed by atoms with Gasteiger partial charge in [-0.2, -0.15) is 0 Å². The van der Waals surface area contributed by atoms with Crippen molar-refractivity contribution < 1.29 is 19.1 Å². The Kier molecular flexibility index (Phi) is 16.6. The van der Waals surface area contributed by atoms with E-state index < -0.39 is 0 Å². The maximum absolute atomic E-state index is 11.0. The monoisotopic (exact) mass is 479 g/mol. The summed E-state index contributed by atoms with van der Waals surface area (Å²) in [7, 11) is 0.628. The average Bonchev–Trinajstić information content (AvgIpc) is 2.28. The fourth-order valence-corrected chi connectivity index (χ4v) is 1.04. The molecule has 0 radical (unpaired) electrons. The normalized spacial score (nSPS) is 18.4. The van der Waals surface area contributed by atoms with E-state index in [0.29, 0.717) is 15.9 Å². The first-order chi connectivity index (χ1) is 6.08. The van der Waals surface area contributed by atoms with Crippen LogP contribution in [0, 0.1) is 5.92 Å². The number of amides is 2. The molecule has 0 aromatic heterocycles. The third-order valence-electron chi connectivity index (χ3n) is 1.65. The van der Waals surface area contributed by atoms with Gasteiger partial charge in [0, 0.05) is 12.3 Å². The van der Waals surface area contributed by atoms with Gasteiger partial charge in [-0.3, -0.25) is 14.5 Å². The zero-order valence-electron chi connectivity index (χ0n) is 7.04. The molecule has 91 valence electrons. The van der Waals surface area contributed by atoms with E-state index in [0.717, 1.165) is 4.90 Å². The fraction of sp³-hybridized carbons (Fsp3) is 0.750. The second-order valence-electron chi connectivity index (χ2n) is 2.51. The van der Waals surface area contributed by atoms with Gasteiger partial charge in [-0.25, -0.2) is 0 Å². The summed E-state index contributed by atoms with van der Waals surface area (Å²) in [5.41, 5.74) is 5.16. The Morgan fingerprint density at radius 2 is 1.87 bits per heavy atom. The molecule has 1 rings (SSSR count). The number of halogens is 2. The molecular formula is C8H18I2N2O2V. The topological polar surface area (TPSA) is 63.4 Å². The standard InChI is InChI=1S/C6H10N2O2.2CH4.2HI.V/c1-4-2-5(9)8(3-7)6(4)10;;;;;/h4H,2-3,7H2,1H3;2*1H4;2*1H;/q;;;;;+2/p-2. The van der Waals surface area contributed by atoms with E-state index in [1.165, 1.54) is 0 Å². The third-order valence-corrected chi connectivity index (χ3v) is 1.65. The molecule has 1 unspecified atom stereocenters. The van der Waals surface area contributed by atoms with Gasteiger partial charge in [-0.05, 0) is 0 Å².